The molecule has 15 heavy (non-hydrogen) atoms. The number of piperidine rings is 1. The summed E-state index contributed by atoms with van der Waals surface area (Å²) in [5.41, 5.74) is 0.358. The second kappa shape index (κ2) is 4.06. The van der Waals surface area contributed by atoms with Gasteiger partial charge in [0, 0.05) is 24.7 Å². The second-order valence-electron chi connectivity index (χ2n) is 6.17. The summed E-state index contributed by atoms with van der Waals surface area (Å²) in [6, 6.07) is 0.850. The number of nitrogens with zero attached hydrogens (tertiary/aromatic N) is 2. The summed E-state index contributed by atoms with van der Waals surface area (Å²) >= 11 is 0. The smallest absolute Gasteiger partial charge is 0.0263 e. The van der Waals surface area contributed by atoms with E-state index in [1.807, 2.05) is 0 Å². The van der Waals surface area contributed by atoms with Crippen LogP contribution in [0.3, 0.4) is 0 Å². The second-order valence-corrected chi connectivity index (χ2v) is 6.17. The van der Waals surface area contributed by atoms with Crippen LogP contribution in [0.25, 0.3) is 0 Å². The fraction of sp³-hybridized carbons (Fsp3) is 1.00. The molecule has 0 aromatic carbocycles. The molecule has 2 nitrogen and oxygen atoms in total. The van der Waals surface area contributed by atoms with Crippen molar-refractivity contribution in [3.8, 4) is 0 Å². The number of hydrogen-bond acceptors (Lipinski definition) is 2. The molecule has 0 bridgehead atoms. The maximum Gasteiger partial charge on any atom is 0.0263 e. The van der Waals surface area contributed by atoms with E-state index in [1.165, 1.54) is 39.0 Å². The minimum Gasteiger partial charge on any atom is -0.299 e. The first kappa shape index (κ1) is 11.4. The van der Waals surface area contributed by atoms with Crippen LogP contribution in [0.2, 0.25) is 0 Å². The Morgan fingerprint density at radius 1 is 1.20 bits per heavy atom. The Balaban J connectivity index is 2.04. The third kappa shape index (κ3) is 2.21. The molecule has 2 rings (SSSR count). The average molecular weight is 210 g/mol. The summed E-state index contributed by atoms with van der Waals surface area (Å²) in [6.07, 6.45) is 2.86. The molecule has 2 heterocycles. The molecule has 2 heteroatoms. The standard InChI is InChI=1S/C13H26N2/c1-5-14-8-6-7-11-9-15(10-12(11)14)13(2,3)4/h11-12H,5-10H2,1-4H3. The van der Waals surface area contributed by atoms with Crippen molar-refractivity contribution in [1.82, 2.24) is 9.80 Å². The van der Waals surface area contributed by atoms with Crippen molar-refractivity contribution in [2.45, 2.75) is 52.1 Å². The topological polar surface area (TPSA) is 6.48 Å². The van der Waals surface area contributed by atoms with E-state index >= 15 is 0 Å². The molecule has 2 saturated heterocycles. The molecule has 2 fully saturated rings. The van der Waals surface area contributed by atoms with Gasteiger partial charge in [0.15, 0.2) is 0 Å². The van der Waals surface area contributed by atoms with Crippen LogP contribution in [0.4, 0.5) is 0 Å². The molecule has 0 N–H and O–H groups in total. The Morgan fingerprint density at radius 2 is 1.93 bits per heavy atom. The number of rotatable bonds is 1. The van der Waals surface area contributed by atoms with E-state index in [4.69, 9.17) is 0 Å². The van der Waals surface area contributed by atoms with Crippen molar-refractivity contribution in [2.75, 3.05) is 26.2 Å². The zero-order valence-corrected chi connectivity index (χ0v) is 10.8. The zero-order valence-electron chi connectivity index (χ0n) is 10.8. The van der Waals surface area contributed by atoms with E-state index in [1.54, 1.807) is 0 Å². The number of fused-ring (bicyclic) bond motifs is 1. The molecule has 2 unspecified atom stereocenters. The first-order valence-electron chi connectivity index (χ1n) is 6.51. The lowest BCUT2D eigenvalue weighted by molar-refractivity contribution is 0.124. The van der Waals surface area contributed by atoms with Gasteiger partial charge in [0.1, 0.15) is 0 Å². The van der Waals surface area contributed by atoms with Gasteiger partial charge in [-0.3, -0.25) is 9.80 Å². The molecule has 0 saturated carbocycles. The van der Waals surface area contributed by atoms with Gasteiger partial charge < -0.3 is 0 Å². The fourth-order valence-electron chi connectivity index (χ4n) is 3.21. The molecule has 0 aliphatic carbocycles. The maximum atomic E-state index is 2.69. The van der Waals surface area contributed by atoms with E-state index in [2.05, 4.69) is 37.5 Å². The average Bonchev–Trinajstić information content (AvgIpc) is 2.59. The van der Waals surface area contributed by atoms with Crippen molar-refractivity contribution in [3.63, 3.8) is 0 Å². The lowest BCUT2D eigenvalue weighted by Gasteiger charge is -2.36. The minimum atomic E-state index is 0.358. The molecule has 0 radical (unpaired) electrons. The lowest BCUT2D eigenvalue weighted by atomic mass is 9.92. The van der Waals surface area contributed by atoms with E-state index in [0.29, 0.717) is 5.54 Å². The van der Waals surface area contributed by atoms with E-state index in [0.717, 1.165) is 12.0 Å². The third-order valence-corrected chi connectivity index (χ3v) is 4.25. The Hall–Kier alpha value is -0.0800. The van der Waals surface area contributed by atoms with Crippen LogP contribution in [-0.4, -0.2) is 47.6 Å². The summed E-state index contributed by atoms with van der Waals surface area (Å²) in [4.78, 5) is 5.37. The summed E-state index contributed by atoms with van der Waals surface area (Å²) < 4.78 is 0. The van der Waals surface area contributed by atoms with Gasteiger partial charge in [-0.1, -0.05) is 6.92 Å². The Kier molecular flexibility index (Phi) is 3.09. The fourth-order valence-corrected chi connectivity index (χ4v) is 3.21. The van der Waals surface area contributed by atoms with Gasteiger partial charge in [0.2, 0.25) is 0 Å². The highest BCUT2D eigenvalue weighted by Crippen LogP contribution is 2.33. The van der Waals surface area contributed by atoms with Crippen molar-refractivity contribution >= 4 is 0 Å². The first-order valence-corrected chi connectivity index (χ1v) is 6.51. The van der Waals surface area contributed by atoms with E-state index in [-0.39, 0.29) is 0 Å². The molecule has 0 aromatic rings. The highest BCUT2D eigenvalue weighted by atomic mass is 15.3. The van der Waals surface area contributed by atoms with Gasteiger partial charge in [-0.05, 0) is 52.6 Å². The summed E-state index contributed by atoms with van der Waals surface area (Å²) in [5, 5.41) is 0. The Bertz CT molecular complexity index is 219. The zero-order chi connectivity index (χ0) is 11.1. The van der Waals surface area contributed by atoms with Gasteiger partial charge in [-0.25, -0.2) is 0 Å². The predicted molar refractivity (Wildman–Crippen MR) is 65.1 cm³/mol. The van der Waals surface area contributed by atoms with Crippen molar-refractivity contribution in [1.29, 1.82) is 0 Å². The van der Waals surface area contributed by atoms with Crippen LogP contribution in [0.1, 0.15) is 40.5 Å². The number of hydrogen-bond donors (Lipinski definition) is 0. The quantitative estimate of drug-likeness (QED) is 0.654. The van der Waals surface area contributed by atoms with Crippen LogP contribution < -0.4 is 0 Å². The molecule has 88 valence electrons. The third-order valence-electron chi connectivity index (χ3n) is 4.25. The van der Waals surface area contributed by atoms with E-state index < -0.39 is 0 Å². The van der Waals surface area contributed by atoms with Crippen molar-refractivity contribution in [3.05, 3.63) is 0 Å². The van der Waals surface area contributed by atoms with Gasteiger partial charge >= 0.3 is 0 Å². The van der Waals surface area contributed by atoms with Gasteiger partial charge in [-0.15, -0.1) is 0 Å². The monoisotopic (exact) mass is 210 g/mol. The van der Waals surface area contributed by atoms with Crippen LogP contribution in [0.15, 0.2) is 0 Å². The molecule has 2 atom stereocenters. The summed E-state index contributed by atoms with van der Waals surface area (Å²) in [5.74, 6) is 0.943. The Labute approximate surface area is 94.6 Å². The molecule has 0 spiro atoms. The van der Waals surface area contributed by atoms with Gasteiger partial charge in [0.25, 0.3) is 0 Å². The van der Waals surface area contributed by atoms with Crippen LogP contribution in [0, 0.1) is 5.92 Å². The first-order chi connectivity index (χ1) is 7.02. The highest BCUT2D eigenvalue weighted by molar-refractivity contribution is 4.96. The minimum absolute atomic E-state index is 0.358. The Morgan fingerprint density at radius 3 is 2.53 bits per heavy atom. The van der Waals surface area contributed by atoms with E-state index in [9.17, 15) is 0 Å². The predicted octanol–water partition coefficient (Wildman–Crippen LogP) is 2.20. The van der Waals surface area contributed by atoms with Crippen LogP contribution in [0.5, 0.6) is 0 Å². The summed E-state index contributed by atoms with van der Waals surface area (Å²) in [7, 11) is 0. The van der Waals surface area contributed by atoms with Crippen LogP contribution in [-0.2, 0) is 0 Å². The van der Waals surface area contributed by atoms with Gasteiger partial charge in [-0.2, -0.15) is 0 Å². The highest BCUT2D eigenvalue weighted by Gasteiger charge is 2.41. The number of likely N-dealkylation sites (N-methyl/N-ethyl adjacent to an activating group) is 1. The largest absolute Gasteiger partial charge is 0.299 e. The molecule has 2 aliphatic rings. The van der Waals surface area contributed by atoms with Crippen LogP contribution >= 0.6 is 0 Å². The maximum absolute atomic E-state index is 2.69. The molecule has 2 aliphatic heterocycles. The molecule has 0 aromatic heterocycles. The molecule has 0 amide bonds. The lowest BCUT2D eigenvalue weighted by Crippen LogP contribution is -2.46. The molecular formula is C13H26N2. The van der Waals surface area contributed by atoms with Crippen molar-refractivity contribution < 1.29 is 0 Å². The summed E-state index contributed by atoms with van der Waals surface area (Å²) in [6.45, 7) is 14.5. The van der Waals surface area contributed by atoms with Crippen molar-refractivity contribution in [2.24, 2.45) is 5.92 Å². The van der Waals surface area contributed by atoms with Gasteiger partial charge in [0.05, 0.1) is 0 Å². The number of likely N-dealkylation sites (tertiary alicyclic amines) is 2. The normalized spacial score (nSPS) is 34.4. The molecular weight excluding hydrogens is 184 g/mol. The SMILES string of the molecule is CCN1CCCC2CN(C(C)(C)C)CC21.